The zero-order valence-electron chi connectivity index (χ0n) is 25.1. The van der Waals surface area contributed by atoms with Gasteiger partial charge in [0, 0.05) is 10.8 Å². The zero-order valence-corrected chi connectivity index (χ0v) is 25.1. The fraction of sp³-hybridized carbons (Fsp3) is 0.444. The molecule has 0 saturated heterocycles. The molecule has 38 heavy (non-hydrogen) atoms. The minimum Gasteiger partial charge on any atom is -0.869 e. The number of hydrogen-bond donors (Lipinski definition) is 0. The third kappa shape index (κ3) is 3.07. The molecule has 6 aromatic carbocycles. The van der Waals surface area contributed by atoms with E-state index in [-0.39, 0.29) is 33.2 Å². The van der Waals surface area contributed by atoms with Crippen LogP contribution in [-0.4, -0.2) is 0 Å². The van der Waals surface area contributed by atoms with Gasteiger partial charge in [0.25, 0.3) is 0 Å². The highest BCUT2D eigenvalue weighted by Gasteiger charge is 2.34. The third-order valence-corrected chi connectivity index (χ3v) is 8.78. The molecule has 0 aliphatic heterocycles. The molecule has 197 valence electrons. The Balaban J connectivity index is 2.11. The predicted octanol–water partition coefficient (Wildman–Crippen LogP) is 10.2. The van der Waals surface area contributed by atoms with E-state index in [9.17, 15) is 10.2 Å². The second kappa shape index (κ2) is 6.95. The summed E-state index contributed by atoms with van der Waals surface area (Å²) in [4.78, 5) is 0. The number of rotatable bonds is 0. The maximum atomic E-state index is 14.0. The topological polar surface area (TPSA) is 43.0 Å². The van der Waals surface area contributed by atoms with Gasteiger partial charge in [-0.2, -0.15) is 0 Å². The predicted molar refractivity (Wildman–Crippen MR) is 162 cm³/mol. The van der Waals surface area contributed by atoms with E-state index in [4.69, 9.17) is 0 Å². The average molecular weight is 505 g/mol. The first-order chi connectivity index (χ1) is 17.2. The number of benzene rings is 5. The summed E-state index contributed by atoms with van der Waals surface area (Å²) in [5.74, 6) is -0.710. The monoisotopic (exact) mass is 504 g/mol. The highest BCUT2D eigenvalue weighted by Crippen LogP contribution is 2.58. The molecule has 0 unspecified atom stereocenters. The first-order valence-corrected chi connectivity index (χ1v) is 14.0. The lowest BCUT2D eigenvalue weighted by molar-refractivity contribution is -0.268. The van der Waals surface area contributed by atoms with Gasteiger partial charge in [-0.05, 0) is 105 Å². The third-order valence-electron chi connectivity index (χ3n) is 8.78. The second-order valence-corrected chi connectivity index (χ2v) is 15.8. The summed E-state index contributed by atoms with van der Waals surface area (Å²) in [7, 11) is 0. The van der Waals surface area contributed by atoms with Gasteiger partial charge in [0.15, 0.2) is 5.75 Å². The van der Waals surface area contributed by atoms with Gasteiger partial charge in [-0.15, -0.1) is 0 Å². The van der Waals surface area contributed by atoms with E-state index in [0.29, 0.717) is 10.8 Å². The molecule has 0 aromatic heterocycles. The van der Waals surface area contributed by atoms with E-state index in [2.05, 4.69) is 101 Å². The summed E-state index contributed by atoms with van der Waals surface area (Å²) in [6.45, 7) is 26.8. The maximum Gasteiger partial charge on any atom is 0.179 e. The Morgan fingerprint density at radius 1 is 0.421 bits per heavy atom. The Bertz CT molecular complexity index is 1890. The summed E-state index contributed by atoms with van der Waals surface area (Å²) in [5, 5.41) is 38.4. The minimum atomic E-state index is -0.360. The lowest BCUT2D eigenvalue weighted by atomic mass is 9.75. The Morgan fingerprint density at radius 3 is 1.08 bits per heavy atom. The van der Waals surface area contributed by atoms with Gasteiger partial charge < -0.3 is 5.11 Å². The van der Waals surface area contributed by atoms with Gasteiger partial charge in [-0.3, -0.25) is 5.11 Å². The van der Waals surface area contributed by atoms with Crippen LogP contribution in [0.25, 0.3) is 53.9 Å². The van der Waals surface area contributed by atoms with Crippen LogP contribution < -0.4 is 5.11 Å². The molecule has 0 aliphatic carbocycles. The van der Waals surface area contributed by atoms with E-state index >= 15 is 0 Å². The first-order valence-electron chi connectivity index (χ1n) is 14.0. The van der Waals surface area contributed by atoms with Crippen molar-refractivity contribution in [3.8, 4) is 11.5 Å². The highest BCUT2D eigenvalue weighted by atomic mass is 16.3. The van der Waals surface area contributed by atoms with E-state index in [0.717, 1.165) is 21.9 Å². The normalized spacial score (nSPS) is 14.5. The molecule has 0 aliphatic rings. The largest absolute Gasteiger partial charge is 0.869 e. The molecule has 0 N–H and O–H groups in total. The molecular formula is C36H40O2-. The minimum absolute atomic E-state index is 0.0756. The molecule has 0 atom stereocenters. The Labute approximate surface area is 226 Å². The quantitative estimate of drug-likeness (QED) is 0.190. The van der Waals surface area contributed by atoms with Gasteiger partial charge in [-0.25, -0.2) is 0 Å². The summed E-state index contributed by atoms with van der Waals surface area (Å²) in [6, 6.07) is 9.11. The van der Waals surface area contributed by atoms with Gasteiger partial charge in [0.2, 0.25) is 0 Å². The molecule has 0 saturated carbocycles. The lowest BCUT2D eigenvalue weighted by Gasteiger charge is -2.29. The SMILES string of the molecule is CC(C)(C)c1cc2c(C(C)(C)C)cc3c([O-])c([O])c4c(C(C)(C)C)cc5c(C(C)(C)C)cc1c1c2c3c4c51. The van der Waals surface area contributed by atoms with Gasteiger partial charge in [0.1, 0.15) is 0 Å². The zero-order chi connectivity index (χ0) is 28.1. The van der Waals surface area contributed by atoms with E-state index in [1.165, 1.54) is 43.4 Å². The smallest absolute Gasteiger partial charge is 0.179 e. The van der Waals surface area contributed by atoms with E-state index < -0.39 is 0 Å². The number of hydrogen-bond acceptors (Lipinski definition) is 1. The summed E-state index contributed by atoms with van der Waals surface area (Å²) in [5.41, 5.74) is 4.10. The second-order valence-electron chi connectivity index (χ2n) is 15.8. The highest BCUT2D eigenvalue weighted by molar-refractivity contribution is 6.46. The van der Waals surface area contributed by atoms with Crippen molar-refractivity contribution in [1.29, 1.82) is 0 Å². The standard InChI is InChI=1S/C36H41O2/c1-33(2,3)21-14-18-23(35(7,8)9)16-20-28-26(18)25-17(21)13-22(34(4,5)6)19-15-24(36(10,11)12)29(30(28)27(19)25)32(38)31(20)37/h13-16,37H,1-12H3/p-1. The van der Waals surface area contributed by atoms with Crippen LogP contribution in [0.15, 0.2) is 24.3 Å². The molecular weight excluding hydrogens is 464 g/mol. The van der Waals surface area contributed by atoms with Crippen molar-refractivity contribution >= 4 is 53.9 Å². The fourth-order valence-corrected chi connectivity index (χ4v) is 7.00. The summed E-state index contributed by atoms with van der Waals surface area (Å²) < 4.78 is 0. The van der Waals surface area contributed by atoms with Gasteiger partial charge in [-0.1, -0.05) is 94.9 Å². The average Bonchev–Trinajstić information content (AvgIpc) is 3.11. The fourth-order valence-electron chi connectivity index (χ4n) is 7.00. The van der Waals surface area contributed by atoms with Crippen molar-refractivity contribution in [1.82, 2.24) is 0 Å². The Morgan fingerprint density at radius 2 is 0.711 bits per heavy atom. The Hall–Kier alpha value is -3.00. The van der Waals surface area contributed by atoms with Crippen molar-refractivity contribution in [3.05, 3.63) is 46.5 Å². The van der Waals surface area contributed by atoms with Gasteiger partial charge in [0.05, 0.1) is 0 Å². The van der Waals surface area contributed by atoms with Crippen LogP contribution in [-0.2, 0) is 26.8 Å². The van der Waals surface area contributed by atoms with Crippen LogP contribution in [0.3, 0.4) is 0 Å². The van der Waals surface area contributed by atoms with Gasteiger partial charge >= 0.3 is 0 Å². The van der Waals surface area contributed by atoms with Crippen molar-refractivity contribution < 1.29 is 10.2 Å². The molecule has 2 heteroatoms. The Kier molecular flexibility index (Phi) is 4.62. The molecule has 6 rings (SSSR count). The van der Waals surface area contributed by atoms with Crippen LogP contribution in [0, 0.1) is 0 Å². The van der Waals surface area contributed by atoms with Crippen LogP contribution >= 0.6 is 0 Å². The molecule has 2 nitrogen and oxygen atoms in total. The molecule has 1 radical (unpaired) electrons. The van der Waals surface area contributed by atoms with Crippen LogP contribution in [0.1, 0.15) is 105 Å². The van der Waals surface area contributed by atoms with E-state index in [1.807, 2.05) is 6.07 Å². The first kappa shape index (κ1) is 25.3. The van der Waals surface area contributed by atoms with Crippen molar-refractivity contribution in [2.75, 3.05) is 0 Å². The molecule has 0 fully saturated rings. The summed E-state index contributed by atoms with van der Waals surface area (Å²) in [6.07, 6.45) is 0. The van der Waals surface area contributed by atoms with Crippen molar-refractivity contribution in [2.24, 2.45) is 0 Å². The van der Waals surface area contributed by atoms with Crippen LogP contribution in [0.4, 0.5) is 0 Å². The summed E-state index contributed by atoms with van der Waals surface area (Å²) >= 11 is 0. The molecule has 0 spiro atoms. The molecule has 0 amide bonds. The lowest BCUT2D eigenvalue weighted by Crippen LogP contribution is -2.16. The van der Waals surface area contributed by atoms with Crippen LogP contribution in [0.2, 0.25) is 0 Å². The molecule has 0 bridgehead atoms. The maximum absolute atomic E-state index is 14.0. The molecule has 6 aromatic rings. The van der Waals surface area contributed by atoms with E-state index in [1.54, 1.807) is 0 Å². The van der Waals surface area contributed by atoms with Crippen molar-refractivity contribution in [2.45, 2.75) is 105 Å². The molecule has 0 heterocycles. The van der Waals surface area contributed by atoms with Crippen LogP contribution in [0.5, 0.6) is 11.5 Å². The van der Waals surface area contributed by atoms with Crippen molar-refractivity contribution in [3.63, 3.8) is 0 Å².